The average Bonchev–Trinajstić information content (AvgIpc) is 2.54. The van der Waals surface area contributed by atoms with Crippen molar-refractivity contribution in [2.75, 3.05) is 18.0 Å². The summed E-state index contributed by atoms with van der Waals surface area (Å²) in [7, 11) is 0. The van der Waals surface area contributed by atoms with Crippen molar-refractivity contribution in [3.63, 3.8) is 0 Å². The molecule has 0 aliphatic carbocycles. The molecule has 2 rings (SSSR count). The lowest BCUT2D eigenvalue weighted by Crippen LogP contribution is -2.35. The van der Waals surface area contributed by atoms with Gasteiger partial charge >= 0.3 is 0 Å². The molecule has 0 heterocycles. The summed E-state index contributed by atoms with van der Waals surface area (Å²) in [6.07, 6.45) is 1.12. The number of benzene rings is 2. The van der Waals surface area contributed by atoms with E-state index in [0.29, 0.717) is 0 Å². The number of para-hydroxylation sites is 1. The maximum absolute atomic E-state index is 6.07. The lowest BCUT2D eigenvalue weighted by atomic mass is 10.2. The molecular formula is C18H22ClNO. The molecule has 0 aliphatic rings. The highest BCUT2D eigenvalue weighted by molar-refractivity contribution is 6.30. The molecule has 2 nitrogen and oxygen atoms in total. The number of ether oxygens (including phenoxy) is 1. The molecule has 0 spiro atoms. The highest BCUT2D eigenvalue weighted by Gasteiger charge is 2.13. The van der Waals surface area contributed by atoms with E-state index in [-0.39, 0.29) is 6.10 Å². The van der Waals surface area contributed by atoms with E-state index < -0.39 is 0 Å². The molecular weight excluding hydrogens is 282 g/mol. The van der Waals surface area contributed by atoms with E-state index in [1.54, 1.807) is 0 Å². The van der Waals surface area contributed by atoms with Crippen molar-refractivity contribution in [1.82, 2.24) is 0 Å². The quantitative estimate of drug-likeness (QED) is 0.712. The topological polar surface area (TPSA) is 12.5 Å². The zero-order chi connectivity index (χ0) is 15.1. The summed E-state index contributed by atoms with van der Waals surface area (Å²) in [6, 6.07) is 18.0. The average molecular weight is 304 g/mol. The first-order chi connectivity index (χ1) is 10.2. The Bertz CT molecular complexity index is 527. The van der Waals surface area contributed by atoms with Gasteiger partial charge in [-0.3, -0.25) is 0 Å². The van der Waals surface area contributed by atoms with Gasteiger partial charge in [-0.1, -0.05) is 36.7 Å². The number of likely N-dealkylation sites (N-methyl/N-ethyl adjacent to an activating group) is 1. The Balaban J connectivity index is 2.02. The van der Waals surface area contributed by atoms with Gasteiger partial charge in [-0.05, 0) is 49.7 Å². The first kappa shape index (κ1) is 15.7. The maximum Gasteiger partial charge on any atom is 0.119 e. The maximum atomic E-state index is 6.07. The molecule has 1 atom stereocenters. The minimum absolute atomic E-state index is 0.159. The van der Waals surface area contributed by atoms with Gasteiger partial charge in [-0.2, -0.15) is 0 Å². The Morgan fingerprint density at radius 2 is 1.67 bits per heavy atom. The van der Waals surface area contributed by atoms with Gasteiger partial charge < -0.3 is 9.64 Å². The van der Waals surface area contributed by atoms with Crippen molar-refractivity contribution in [3.8, 4) is 5.75 Å². The van der Waals surface area contributed by atoms with Crippen LogP contribution in [0, 0.1) is 0 Å². The predicted molar refractivity (Wildman–Crippen MR) is 90.5 cm³/mol. The van der Waals surface area contributed by atoms with Gasteiger partial charge in [0.2, 0.25) is 0 Å². The number of hydrogen-bond donors (Lipinski definition) is 0. The van der Waals surface area contributed by atoms with Crippen LogP contribution < -0.4 is 9.64 Å². The van der Waals surface area contributed by atoms with Crippen LogP contribution in [0.5, 0.6) is 5.75 Å². The fraction of sp³-hybridized carbons (Fsp3) is 0.333. The number of nitrogens with zero attached hydrogens (tertiary/aromatic N) is 1. The normalized spacial score (nSPS) is 12.0. The van der Waals surface area contributed by atoms with Crippen LogP contribution in [0.15, 0.2) is 54.6 Å². The second-order valence-electron chi connectivity index (χ2n) is 4.98. The van der Waals surface area contributed by atoms with E-state index in [0.717, 1.165) is 30.3 Å². The molecule has 0 saturated carbocycles. The van der Waals surface area contributed by atoms with Gasteiger partial charge in [0.1, 0.15) is 11.9 Å². The smallest absolute Gasteiger partial charge is 0.119 e. The van der Waals surface area contributed by atoms with Gasteiger partial charge in [0, 0.05) is 17.3 Å². The molecule has 0 aliphatic heterocycles. The monoisotopic (exact) mass is 303 g/mol. The fourth-order valence-corrected chi connectivity index (χ4v) is 2.38. The van der Waals surface area contributed by atoms with Crippen LogP contribution in [0.1, 0.15) is 20.3 Å². The predicted octanol–water partition coefficient (Wildman–Crippen LogP) is 5.02. The summed E-state index contributed by atoms with van der Waals surface area (Å²) in [4.78, 5) is 2.34. The lowest BCUT2D eigenvalue weighted by molar-refractivity contribution is 0.202. The number of rotatable bonds is 7. The molecule has 112 valence electrons. The lowest BCUT2D eigenvalue weighted by Gasteiger charge is -2.28. The Kier molecular flexibility index (Phi) is 5.94. The third kappa shape index (κ3) is 4.68. The van der Waals surface area contributed by atoms with Crippen LogP contribution in [0.3, 0.4) is 0 Å². The van der Waals surface area contributed by atoms with E-state index in [1.807, 2.05) is 30.3 Å². The van der Waals surface area contributed by atoms with Gasteiger partial charge in [0.25, 0.3) is 0 Å². The molecule has 0 bridgehead atoms. The van der Waals surface area contributed by atoms with Gasteiger partial charge in [-0.15, -0.1) is 0 Å². The Morgan fingerprint density at radius 3 is 2.24 bits per heavy atom. The van der Waals surface area contributed by atoms with Crippen molar-refractivity contribution in [1.29, 1.82) is 0 Å². The SMILES string of the molecule is CCC(CN(CC)c1ccccc1)Oc1ccc(Cl)cc1. The second-order valence-corrected chi connectivity index (χ2v) is 5.41. The molecule has 21 heavy (non-hydrogen) atoms. The zero-order valence-electron chi connectivity index (χ0n) is 12.6. The van der Waals surface area contributed by atoms with Crippen molar-refractivity contribution >= 4 is 17.3 Å². The second kappa shape index (κ2) is 7.94. The molecule has 0 saturated heterocycles. The number of hydrogen-bond acceptors (Lipinski definition) is 2. The van der Waals surface area contributed by atoms with Crippen molar-refractivity contribution in [3.05, 3.63) is 59.6 Å². The van der Waals surface area contributed by atoms with E-state index in [9.17, 15) is 0 Å². The highest BCUT2D eigenvalue weighted by Crippen LogP contribution is 2.20. The minimum Gasteiger partial charge on any atom is -0.489 e. The van der Waals surface area contributed by atoms with Crippen molar-refractivity contribution < 1.29 is 4.74 Å². The Labute approximate surface area is 132 Å². The van der Waals surface area contributed by atoms with Crippen molar-refractivity contribution in [2.24, 2.45) is 0 Å². The van der Waals surface area contributed by atoms with E-state index in [1.165, 1.54) is 5.69 Å². The molecule has 0 fully saturated rings. The summed E-state index contributed by atoms with van der Waals surface area (Å²) < 4.78 is 6.07. The molecule has 2 aromatic carbocycles. The third-order valence-electron chi connectivity index (χ3n) is 3.50. The van der Waals surface area contributed by atoms with Crippen molar-refractivity contribution in [2.45, 2.75) is 26.4 Å². The molecule has 3 heteroatoms. The number of anilines is 1. The zero-order valence-corrected chi connectivity index (χ0v) is 13.4. The summed E-state index contributed by atoms with van der Waals surface area (Å²) in [5.74, 6) is 0.871. The van der Waals surface area contributed by atoms with Gasteiger partial charge in [0.15, 0.2) is 0 Å². The van der Waals surface area contributed by atoms with Crippen LogP contribution in [-0.2, 0) is 0 Å². The minimum atomic E-state index is 0.159. The molecule has 0 radical (unpaired) electrons. The highest BCUT2D eigenvalue weighted by atomic mass is 35.5. The summed E-state index contributed by atoms with van der Waals surface area (Å²) in [5.41, 5.74) is 1.23. The van der Waals surface area contributed by atoms with E-state index >= 15 is 0 Å². The van der Waals surface area contributed by atoms with E-state index in [4.69, 9.17) is 16.3 Å². The molecule has 1 unspecified atom stereocenters. The van der Waals surface area contributed by atoms with Crippen LogP contribution in [0.25, 0.3) is 0 Å². The van der Waals surface area contributed by atoms with E-state index in [2.05, 4.69) is 43.0 Å². The first-order valence-corrected chi connectivity index (χ1v) is 7.83. The van der Waals surface area contributed by atoms with Crippen LogP contribution in [-0.4, -0.2) is 19.2 Å². The van der Waals surface area contributed by atoms with Gasteiger partial charge in [-0.25, -0.2) is 0 Å². The molecule has 2 aromatic rings. The molecule has 0 N–H and O–H groups in total. The first-order valence-electron chi connectivity index (χ1n) is 7.45. The van der Waals surface area contributed by atoms with Crippen LogP contribution in [0.2, 0.25) is 5.02 Å². The Morgan fingerprint density at radius 1 is 1.00 bits per heavy atom. The van der Waals surface area contributed by atoms with Gasteiger partial charge in [0.05, 0.1) is 6.54 Å². The van der Waals surface area contributed by atoms with Crippen LogP contribution in [0.4, 0.5) is 5.69 Å². The summed E-state index contributed by atoms with van der Waals surface area (Å²) >= 11 is 5.91. The molecule has 0 amide bonds. The third-order valence-corrected chi connectivity index (χ3v) is 3.75. The summed E-state index contributed by atoms with van der Waals surface area (Å²) in [5, 5.41) is 0.731. The standard InChI is InChI=1S/C18H22ClNO/c1-3-17(21-18-12-10-15(19)11-13-18)14-20(4-2)16-8-6-5-7-9-16/h5-13,17H,3-4,14H2,1-2H3. The largest absolute Gasteiger partial charge is 0.489 e. The van der Waals surface area contributed by atoms with Crippen LogP contribution >= 0.6 is 11.6 Å². The fourth-order valence-electron chi connectivity index (χ4n) is 2.26. The Hall–Kier alpha value is -1.67. The number of halogens is 1. The molecule has 0 aromatic heterocycles. The summed E-state index contributed by atoms with van der Waals surface area (Å²) in [6.45, 7) is 6.16.